The van der Waals surface area contributed by atoms with Gasteiger partial charge in [-0.3, -0.25) is 9.69 Å². The van der Waals surface area contributed by atoms with Crippen molar-refractivity contribution >= 4 is 11.9 Å². The van der Waals surface area contributed by atoms with Crippen LogP contribution in [0.4, 0.5) is 4.79 Å². The predicted octanol–water partition coefficient (Wildman–Crippen LogP) is 0.399. The predicted molar refractivity (Wildman–Crippen MR) is 73.4 cm³/mol. The van der Waals surface area contributed by atoms with Crippen LogP contribution in [0.2, 0.25) is 0 Å². The van der Waals surface area contributed by atoms with Gasteiger partial charge in [0, 0.05) is 12.7 Å². The Morgan fingerprint density at radius 1 is 1.41 bits per heavy atom. The van der Waals surface area contributed by atoms with Crippen LogP contribution in [0.5, 0.6) is 0 Å². The van der Waals surface area contributed by atoms with Crippen molar-refractivity contribution in [2.45, 2.75) is 25.8 Å². The zero-order chi connectivity index (χ0) is 15.5. The highest BCUT2D eigenvalue weighted by Crippen LogP contribution is 2.15. The van der Waals surface area contributed by atoms with Gasteiger partial charge < -0.3 is 9.84 Å². The molecular formula is C13H14N6O3. The quantitative estimate of drug-likeness (QED) is 0.795. The van der Waals surface area contributed by atoms with Crippen molar-refractivity contribution in [1.82, 2.24) is 30.6 Å². The zero-order valence-electron chi connectivity index (χ0n) is 11.9. The second-order valence-electron chi connectivity index (χ2n) is 4.82. The van der Waals surface area contributed by atoms with E-state index in [9.17, 15) is 9.59 Å². The molecule has 0 aromatic carbocycles. The Morgan fingerprint density at radius 3 is 3.00 bits per heavy atom. The highest BCUT2D eigenvalue weighted by Gasteiger charge is 2.38. The maximum absolute atomic E-state index is 12.1. The number of carbonyl (C=O) groups is 2. The van der Waals surface area contributed by atoms with E-state index >= 15 is 0 Å². The lowest BCUT2D eigenvalue weighted by Crippen LogP contribution is -2.33. The van der Waals surface area contributed by atoms with Crippen LogP contribution in [-0.4, -0.2) is 49.8 Å². The third-order valence-corrected chi connectivity index (χ3v) is 3.20. The van der Waals surface area contributed by atoms with Gasteiger partial charge in [-0.15, -0.1) is 5.10 Å². The maximum atomic E-state index is 12.1. The molecule has 22 heavy (non-hydrogen) atoms. The summed E-state index contributed by atoms with van der Waals surface area (Å²) < 4.78 is 5.11. The number of imide groups is 1. The van der Waals surface area contributed by atoms with E-state index in [-0.39, 0.29) is 24.2 Å². The number of urea groups is 1. The van der Waals surface area contributed by atoms with Crippen LogP contribution in [0.1, 0.15) is 19.2 Å². The van der Waals surface area contributed by atoms with Crippen LogP contribution in [0, 0.1) is 0 Å². The Balaban J connectivity index is 1.71. The molecule has 0 radical (unpaired) electrons. The molecular weight excluding hydrogens is 288 g/mol. The van der Waals surface area contributed by atoms with E-state index in [0.29, 0.717) is 24.5 Å². The molecule has 3 heterocycles. The lowest BCUT2D eigenvalue weighted by molar-refractivity contribution is -0.127. The Bertz CT molecular complexity index is 686. The lowest BCUT2D eigenvalue weighted by atomic mass is 10.2. The second kappa shape index (κ2) is 5.88. The molecule has 114 valence electrons. The Kier molecular flexibility index (Phi) is 3.77. The van der Waals surface area contributed by atoms with E-state index in [4.69, 9.17) is 4.52 Å². The maximum Gasteiger partial charge on any atom is 0.324 e. The third-order valence-electron chi connectivity index (χ3n) is 3.20. The second-order valence-corrected chi connectivity index (χ2v) is 4.82. The number of nitrogens with one attached hydrogen (secondary N) is 1. The summed E-state index contributed by atoms with van der Waals surface area (Å²) in [4.78, 5) is 29.2. The number of rotatable bonds is 5. The normalized spacial score (nSPS) is 17.9. The molecule has 3 amide bonds. The topological polar surface area (TPSA) is 114 Å². The van der Waals surface area contributed by atoms with E-state index in [0.717, 1.165) is 0 Å². The Labute approximate surface area is 125 Å². The number of nitrogens with zero attached hydrogens (tertiary/aromatic N) is 5. The van der Waals surface area contributed by atoms with Gasteiger partial charge in [0.15, 0.2) is 0 Å². The first-order valence-electron chi connectivity index (χ1n) is 6.91. The minimum absolute atomic E-state index is 0.151. The van der Waals surface area contributed by atoms with E-state index in [2.05, 4.69) is 25.7 Å². The highest BCUT2D eigenvalue weighted by molar-refractivity contribution is 6.04. The van der Waals surface area contributed by atoms with Crippen molar-refractivity contribution in [1.29, 1.82) is 0 Å². The summed E-state index contributed by atoms with van der Waals surface area (Å²) in [6.07, 6.45) is 2.40. The first kappa shape index (κ1) is 14.1. The van der Waals surface area contributed by atoms with Crippen molar-refractivity contribution in [3.63, 3.8) is 0 Å². The molecule has 1 aliphatic heterocycles. The van der Waals surface area contributed by atoms with Crippen molar-refractivity contribution in [3.05, 3.63) is 24.2 Å². The minimum Gasteiger partial charge on any atom is -0.339 e. The molecule has 9 nitrogen and oxygen atoms in total. The van der Waals surface area contributed by atoms with Crippen LogP contribution in [0.3, 0.4) is 0 Å². The standard InChI is InChI=1S/C13H14N6O3/c1-2-6-19-12(20)9(15-13(19)21)7-10-16-11(18-22-10)8-4-3-5-14-17-8/h3-5,9H,2,6-7H2,1H3,(H,15,21)/t9-/m0/s1. The third kappa shape index (κ3) is 2.65. The lowest BCUT2D eigenvalue weighted by Gasteiger charge is -2.10. The fourth-order valence-corrected chi connectivity index (χ4v) is 2.19. The van der Waals surface area contributed by atoms with Crippen LogP contribution in [-0.2, 0) is 11.2 Å². The molecule has 1 N–H and O–H groups in total. The molecule has 1 atom stereocenters. The van der Waals surface area contributed by atoms with E-state index in [1.54, 1.807) is 18.3 Å². The van der Waals surface area contributed by atoms with Crippen molar-refractivity contribution in [2.75, 3.05) is 6.54 Å². The SMILES string of the molecule is CCCN1C(=O)N[C@@H](Cc2nc(-c3cccnn3)no2)C1=O. The first-order valence-corrected chi connectivity index (χ1v) is 6.91. The van der Waals surface area contributed by atoms with Crippen LogP contribution in [0.25, 0.3) is 11.5 Å². The zero-order valence-corrected chi connectivity index (χ0v) is 11.9. The summed E-state index contributed by atoms with van der Waals surface area (Å²) in [5.74, 6) is 0.286. The Morgan fingerprint density at radius 2 is 2.27 bits per heavy atom. The average Bonchev–Trinajstić information content (AvgIpc) is 3.09. The summed E-state index contributed by atoms with van der Waals surface area (Å²) in [5, 5.41) is 14.0. The van der Waals surface area contributed by atoms with Gasteiger partial charge in [-0.05, 0) is 18.6 Å². The molecule has 2 aromatic heterocycles. The fraction of sp³-hybridized carbons (Fsp3) is 0.385. The molecule has 0 aliphatic carbocycles. The number of hydrogen-bond donors (Lipinski definition) is 1. The summed E-state index contributed by atoms with van der Waals surface area (Å²) in [5.41, 5.74) is 0.479. The molecule has 2 aromatic rings. The minimum atomic E-state index is -0.672. The molecule has 0 spiro atoms. The first-order chi connectivity index (χ1) is 10.7. The summed E-state index contributed by atoms with van der Waals surface area (Å²) in [6, 6.07) is 2.36. The van der Waals surface area contributed by atoms with Crippen LogP contribution in [0.15, 0.2) is 22.9 Å². The number of carbonyl (C=O) groups excluding carboxylic acids is 2. The Hall–Kier alpha value is -2.84. The smallest absolute Gasteiger partial charge is 0.324 e. The van der Waals surface area contributed by atoms with Crippen LogP contribution >= 0.6 is 0 Å². The molecule has 0 bridgehead atoms. The summed E-state index contributed by atoms with van der Waals surface area (Å²) >= 11 is 0. The summed E-state index contributed by atoms with van der Waals surface area (Å²) in [7, 11) is 0. The van der Waals surface area contributed by atoms with E-state index in [1.165, 1.54) is 4.90 Å². The fourth-order valence-electron chi connectivity index (χ4n) is 2.19. The largest absolute Gasteiger partial charge is 0.339 e. The van der Waals surface area contributed by atoms with Crippen molar-refractivity contribution in [2.24, 2.45) is 0 Å². The van der Waals surface area contributed by atoms with E-state index < -0.39 is 6.04 Å². The van der Waals surface area contributed by atoms with Crippen molar-refractivity contribution < 1.29 is 14.1 Å². The van der Waals surface area contributed by atoms with Gasteiger partial charge >= 0.3 is 6.03 Å². The number of hydrogen-bond acceptors (Lipinski definition) is 7. The van der Waals surface area contributed by atoms with Gasteiger partial charge in [-0.1, -0.05) is 12.1 Å². The molecule has 1 fully saturated rings. The monoisotopic (exact) mass is 302 g/mol. The van der Waals surface area contributed by atoms with Gasteiger partial charge in [-0.25, -0.2) is 4.79 Å². The van der Waals surface area contributed by atoms with E-state index in [1.807, 2.05) is 6.92 Å². The molecule has 9 heteroatoms. The van der Waals surface area contributed by atoms with Crippen molar-refractivity contribution in [3.8, 4) is 11.5 Å². The van der Waals surface area contributed by atoms with Gasteiger partial charge in [0.1, 0.15) is 11.7 Å². The van der Waals surface area contributed by atoms with Gasteiger partial charge in [0.05, 0.1) is 6.42 Å². The van der Waals surface area contributed by atoms with Gasteiger partial charge in [-0.2, -0.15) is 10.1 Å². The molecule has 3 rings (SSSR count). The number of amides is 3. The number of aromatic nitrogens is 4. The summed E-state index contributed by atoms with van der Waals surface area (Å²) in [6.45, 7) is 2.30. The molecule has 0 unspecified atom stereocenters. The molecule has 1 saturated heterocycles. The van der Waals surface area contributed by atoms with Crippen LogP contribution < -0.4 is 5.32 Å². The van der Waals surface area contributed by atoms with Gasteiger partial charge in [0.25, 0.3) is 5.91 Å². The molecule has 1 aliphatic rings. The average molecular weight is 302 g/mol. The highest BCUT2D eigenvalue weighted by atomic mass is 16.5. The molecule has 0 saturated carbocycles. The van der Waals surface area contributed by atoms with Gasteiger partial charge in [0.2, 0.25) is 11.7 Å².